The highest BCUT2D eigenvalue weighted by Gasteiger charge is 2.23. The molecule has 20 heavy (non-hydrogen) atoms. The summed E-state index contributed by atoms with van der Waals surface area (Å²) in [5, 5.41) is 9.06. The van der Waals surface area contributed by atoms with Crippen LogP contribution >= 0.6 is 0 Å². The second-order valence-electron chi connectivity index (χ2n) is 5.18. The summed E-state index contributed by atoms with van der Waals surface area (Å²) in [7, 11) is -3.66. The molecule has 0 heterocycles. The molecule has 0 amide bonds. The molecule has 1 aliphatic rings. The van der Waals surface area contributed by atoms with Crippen molar-refractivity contribution in [3.8, 4) is 6.07 Å². The van der Waals surface area contributed by atoms with Crippen LogP contribution in [0.2, 0.25) is 0 Å². The van der Waals surface area contributed by atoms with Crippen LogP contribution in [0.25, 0.3) is 0 Å². The fraction of sp³-hybridized carbons (Fsp3) is 0.500. The zero-order valence-electron chi connectivity index (χ0n) is 11.3. The predicted molar refractivity (Wildman–Crippen MR) is 77.4 cm³/mol. The van der Waals surface area contributed by atoms with E-state index in [0.717, 1.165) is 38.5 Å². The van der Waals surface area contributed by atoms with Crippen LogP contribution in [0, 0.1) is 11.3 Å². The molecule has 1 aromatic carbocycles. The molecule has 1 fully saturated rings. The lowest BCUT2D eigenvalue weighted by atomic mass is 10.1. The molecule has 108 valence electrons. The van der Waals surface area contributed by atoms with Crippen molar-refractivity contribution in [2.24, 2.45) is 0 Å². The molecule has 0 atom stereocenters. The Morgan fingerprint density at radius 2 is 1.85 bits per heavy atom. The van der Waals surface area contributed by atoms with E-state index in [-0.39, 0.29) is 16.5 Å². The van der Waals surface area contributed by atoms with Gasteiger partial charge in [-0.15, -0.1) is 0 Å². The van der Waals surface area contributed by atoms with Gasteiger partial charge in [-0.1, -0.05) is 25.7 Å². The van der Waals surface area contributed by atoms with Gasteiger partial charge in [0.05, 0.1) is 10.5 Å². The first-order valence-corrected chi connectivity index (χ1v) is 8.33. The summed E-state index contributed by atoms with van der Waals surface area (Å²) in [6.07, 6.45) is 6.11. The molecule has 1 aliphatic carbocycles. The van der Waals surface area contributed by atoms with Gasteiger partial charge in [-0.2, -0.15) is 5.26 Å². The summed E-state index contributed by atoms with van der Waals surface area (Å²) >= 11 is 0. The minimum absolute atomic E-state index is 0.0125. The van der Waals surface area contributed by atoms with Crippen molar-refractivity contribution in [3.05, 3.63) is 23.8 Å². The fourth-order valence-corrected chi connectivity index (χ4v) is 3.99. The molecule has 0 aliphatic heterocycles. The van der Waals surface area contributed by atoms with Gasteiger partial charge in [-0.3, -0.25) is 0 Å². The summed E-state index contributed by atoms with van der Waals surface area (Å²) < 4.78 is 27.5. The Hall–Kier alpha value is -1.58. The molecule has 5 nitrogen and oxygen atoms in total. The highest BCUT2D eigenvalue weighted by Crippen LogP contribution is 2.22. The standard InChI is InChI=1S/C14H19N3O2S/c15-10-11-9-12(16)7-8-14(11)20(18,19)17-13-5-3-1-2-4-6-13/h7-9,13,17H,1-6,16H2. The summed E-state index contributed by atoms with van der Waals surface area (Å²) in [6, 6.07) is 6.15. The number of hydrogen-bond donors (Lipinski definition) is 2. The first kappa shape index (κ1) is 14.8. The Bertz CT molecular complexity index is 612. The zero-order valence-corrected chi connectivity index (χ0v) is 12.1. The van der Waals surface area contributed by atoms with Crippen LogP contribution in [0.4, 0.5) is 5.69 Å². The van der Waals surface area contributed by atoms with Gasteiger partial charge >= 0.3 is 0 Å². The van der Waals surface area contributed by atoms with Crippen LogP contribution < -0.4 is 10.5 Å². The largest absolute Gasteiger partial charge is 0.399 e. The minimum atomic E-state index is -3.66. The maximum Gasteiger partial charge on any atom is 0.242 e. The Labute approximate surface area is 119 Å². The van der Waals surface area contributed by atoms with Crippen LogP contribution in [0.1, 0.15) is 44.1 Å². The van der Waals surface area contributed by atoms with E-state index in [1.807, 2.05) is 6.07 Å². The van der Waals surface area contributed by atoms with Crippen molar-refractivity contribution in [1.82, 2.24) is 4.72 Å². The zero-order chi connectivity index (χ0) is 14.6. The predicted octanol–water partition coefficient (Wildman–Crippen LogP) is 2.14. The molecule has 1 saturated carbocycles. The Balaban J connectivity index is 2.24. The maximum atomic E-state index is 12.4. The highest BCUT2D eigenvalue weighted by molar-refractivity contribution is 7.89. The quantitative estimate of drug-likeness (QED) is 0.659. The van der Waals surface area contributed by atoms with Gasteiger partial charge in [0, 0.05) is 11.7 Å². The lowest BCUT2D eigenvalue weighted by molar-refractivity contribution is 0.510. The minimum Gasteiger partial charge on any atom is -0.399 e. The first-order valence-electron chi connectivity index (χ1n) is 6.85. The molecular formula is C14H19N3O2S. The number of nitriles is 1. The van der Waals surface area contributed by atoms with Gasteiger partial charge in [0.1, 0.15) is 6.07 Å². The van der Waals surface area contributed by atoms with Gasteiger partial charge in [-0.05, 0) is 31.0 Å². The van der Waals surface area contributed by atoms with E-state index in [2.05, 4.69) is 4.72 Å². The maximum absolute atomic E-state index is 12.4. The van der Waals surface area contributed by atoms with E-state index in [4.69, 9.17) is 11.0 Å². The number of rotatable bonds is 3. The summed E-state index contributed by atoms with van der Waals surface area (Å²) in [5.74, 6) is 0. The first-order chi connectivity index (χ1) is 9.53. The molecule has 0 spiro atoms. The molecule has 0 aromatic heterocycles. The van der Waals surface area contributed by atoms with Gasteiger partial charge in [0.2, 0.25) is 10.0 Å². The normalized spacial score (nSPS) is 17.4. The molecule has 0 radical (unpaired) electrons. The number of benzene rings is 1. The molecule has 2 rings (SSSR count). The average molecular weight is 293 g/mol. The summed E-state index contributed by atoms with van der Waals surface area (Å²) in [4.78, 5) is 0.0125. The van der Waals surface area contributed by atoms with Crippen LogP contribution in [0.3, 0.4) is 0 Å². The summed E-state index contributed by atoms with van der Waals surface area (Å²) in [6.45, 7) is 0. The average Bonchev–Trinajstić information content (AvgIpc) is 2.66. The highest BCUT2D eigenvalue weighted by atomic mass is 32.2. The molecule has 3 N–H and O–H groups in total. The van der Waals surface area contributed by atoms with E-state index >= 15 is 0 Å². The van der Waals surface area contributed by atoms with E-state index in [1.165, 1.54) is 18.2 Å². The molecule has 0 unspecified atom stereocenters. The lowest BCUT2D eigenvalue weighted by Crippen LogP contribution is -2.34. The van der Waals surface area contributed by atoms with Gasteiger partial charge < -0.3 is 5.73 Å². The Morgan fingerprint density at radius 1 is 1.20 bits per heavy atom. The van der Waals surface area contributed by atoms with Crippen molar-refractivity contribution in [1.29, 1.82) is 5.26 Å². The molecule has 0 bridgehead atoms. The van der Waals surface area contributed by atoms with Crippen LogP contribution in [0.5, 0.6) is 0 Å². The monoisotopic (exact) mass is 293 g/mol. The second kappa shape index (κ2) is 6.25. The number of anilines is 1. The molecule has 6 heteroatoms. The molecule has 1 aromatic rings. The number of nitrogens with zero attached hydrogens (tertiary/aromatic N) is 1. The third-order valence-electron chi connectivity index (χ3n) is 3.59. The van der Waals surface area contributed by atoms with Crippen molar-refractivity contribution in [2.45, 2.75) is 49.5 Å². The third-order valence-corrected chi connectivity index (χ3v) is 5.17. The topological polar surface area (TPSA) is 96.0 Å². The van der Waals surface area contributed by atoms with Crippen molar-refractivity contribution < 1.29 is 8.42 Å². The Morgan fingerprint density at radius 3 is 2.45 bits per heavy atom. The van der Waals surface area contributed by atoms with Crippen LogP contribution in [-0.4, -0.2) is 14.5 Å². The van der Waals surface area contributed by atoms with E-state index < -0.39 is 10.0 Å². The van der Waals surface area contributed by atoms with E-state index in [9.17, 15) is 8.42 Å². The van der Waals surface area contributed by atoms with Gasteiger partial charge in [0.25, 0.3) is 0 Å². The number of nitrogen functional groups attached to an aromatic ring is 1. The number of nitrogens with two attached hydrogens (primary N) is 1. The van der Waals surface area contributed by atoms with E-state index in [0.29, 0.717) is 5.69 Å². The van der Waals surface area contributed by atoms with Crippen molar-refractivity contribution in [2.75, 3.05) is 5.73 Å². The lowest BCUT2D eigenvalue weighted by Gasteiger charge is -2.17. The number of sulfonamides is 1. The van der Waals surface area contributed by atoms with Crippen molar-refractivity contribution >= 4 is 15.7 Å². The van der Waals surface area contributed by atoms with E-state index in [1.54, 1.807) is 0 Å². The van der Waals surface area contributed by atoms with Gasteiger partial charge in [0.15, 0.2) is 0 Å². The fourth-order valence-electron chi connectivity index (χ4n) is 2.55. The smallest absolute Gasteiger partial charge is 0.242 e. The molecular weight excluding hydrogens is 274 g/mol. The van der Waals surface area contributed by atoms with Gasteiger partial charge in [-0.25, -0.2) is 13.1 Å². The summed E-state index contributed by atoms with van der Waals surface area (Å²) in [5.41, 5.74) is 6.06. The second-order valence-corrected chi connectivity index (χ2v) is 6.86. The molecule has 0 saturated heterocycles. The van der Waals surface area contributed by atoms with Crippen molar-refractivity contribution in [3.63, 3.8) is 0 Å². The Kier molecular flexibility index (Phi) is 4.63. The van der Waals surface area contributed by atoms with Crippen LogP contribution in [0.15, 0.2) is 23.1 Å². The number of hydrogen-bond acceptors (Lipinski definition) is 4. The van der Waals surface area contributed by atoms with Crippen LogP contribution in [-0.2, 0) is 10.0 Å². The third kappa shape index (κ3) is 3.50. The number of nitrogens with one attached hydrogen (secondary N) is 1. The SMILES string of the molecule is N#Cc1cc(N)ccc1S(=O)(=O)NC1CCCCCC1.